The molecule has 5 nitrogen and oxygen atoms in total. The average Bonchev–Trinajstić information content (AvgIpc) is 2.35. The van der Waals surface area contributed by atoms with E-state index in [4.69, 9.17) is 5.73 Å². The SMILES string of the molecule is Nc1ccc(Br)cc1S(=O)(=O)N[C@@H]1CCCC[C@H]1O. The highest BCUT2D eigenvalue weighted by Crippen LogP contribution is 2.25. The number of nitrogen functional groups attached to an aromatic ring is 1. The summed E-state index contributed by atoms with van der Waals surface area (Å²) in [5, 5.41) is 9.84. The summed E-state index contributed by atoms with van der Waals surface area (Å²) in [4.78, 5) is 0.0413. The van der Waals surface area contributed by atoms with Crippen LogP contribution in [0, 0.1) is 0 Å². The highest BCUT2D eigenvalue weighted by molar-refractivity contribution is 9.10. The number of anilines is 1. The lowest BCUT2D eigenvalue weighted by Crippen LogP contribution is -2.45. The number of nitrogens with one attached hydrogen (secondary N) is 1. The maximum Gasteiger partial charge on any atom is 0.242 e. The Morgan fingerprint density at radius 2 is 2.00 bits per heavy atom. The molecular formula is C12H17BrN2O3S. The molecular weight excluding hydrogens is 332 g/mol. The molecule has 0 amide bonds. The molecule has 1 aliphatic carbocycles. The maximum atomic E-state index is 12.3. The molecule has 2 atom stereocenters. The average molecular weight is 349 g/mol. The van der Waals surface area contributed by atoms with E-state index >= 15 is 0 Å². The Morgan fingerprint density at radius 3 is 2.68 bits per heavy atom. The van der Waals surface area contributed by atoms with Gasteiger partial charge in [-0.1, -0.05) is 28.8 Å². The molecule has 7 heteroatoms. The number of rotatable bonds is 3. The maximum absolute atomic E-state index is 12.3. The summed E-state index contributed by atoms with van der Waals surface area (Å²) in [5.74, 6) is 0. The van der Waals surface area contributed by atoms with Gasteiger partial charge in [-0.25, -0.2) is 13.1 Å². The van der Waals surface area contributed by atoms with E-state index in [-0.39, 0.29) is 10.6 Å². The topological polar surface area (TPSA) is 92.4 Å². The van der Waals surface area contributed by atoms with Crippen LogP contribution in [0.4, 0.5) is 5.69 Å². The van der Waals surface area contributed by atoms with Crippen molar-refractivity contribution in [1.82, 2.24) is 4.72 Å². The normalized spacial score (nSPS) is 24.3. The molecule has 106 valence electrons. The Kier molecular flexibility index (Phi) is 4.50. The molecule has 4 N–H and O–H groups in total. The molecule has 0 aromatic heterocycles. The van der Waals surface area contributed by atoms with E-state index in [0.29, 0.717) is 17.3 Å². The molecule has 1 saturated carbocycles. The van der Waals surface area contributed by atoms with Crippen molar-refractivity contribution < 1.29 is 13.5 Å². The van der Waals surface area contributed by atoms with Gasteiger partial charge in [0.1, 0.15) is 4.90 Å². The number of hydrogen-bond acceptors (Lipinski definition) is 4. The van der Waals surface area contributed by atoms with Crippen LogP contribution in [0.15, 0.2) is 27.6 Å². The van der Waals surface area contributed by atoms with Gasteiger partial charge in [-0.05, 0) is 31.0 Å². The fourth-order valence-electron chi connectivity index (χ4n) is 2.25. The van der Waals surface area contributed by atoms with Crippen LogP contribution in [0.1, 0.15) is 25.7 Å². The van der Waals surface area contributed by atoms with E-state index in [2.05, 4.69) is 20.7 Å². The van der Waals surface area contributed by atoms with E-state index in [1.165, 1.54) is 12.1 Å². The summed E-state index contributed by atoms with van der Waals surface area (Å²) in [6.45, 7) is 0. The molecule has 0 radical (unpaired) electrons. The second-order valence-electron chi connectivity index (χ2n) is 4.76. The number of benzene rings is 1. The van der Waals surface area contributed by atoms with Gasteiger partial charge >= 0.3 is 0 Å². The number of aliphatic hydroxyl groups is 1. The van der Waals surface area contributed by atoms with Gasteiger partial charge in [-0.2, -0.15) is 0 Å². The van der Waals surface area contributed by atoms with Gasteiger partial charge in [0.25, 0.3) is 0 Å². The van der Waals surface area contributed by atoms with Gasteiger partial charge in [-0.3, -0.25) is 0 Å². The molecule has 19 heavy (non-hydrogen) atoms. The third kappa shape index (κ3) is 3.47. The van der Waals surface area contributed by atoms with Crippen LogP contribution in [-0.4, -0.2) is 25.7 Å². The second-order valence-corrected chi connectivity index (χ2v) is 7.36. The smallest absolute Gasteiger partial charge is 0.242 e. The van der Waals surface area contributed by atoms with E-state index in [0.717, 1.165) is 12.8 Å². The first-order valence-electron chi connectivity index (χ1n) is 6.15. The van der Waals surface area contributed by atoms with Crippen molar-refractivity contribution in [2.75, 3.05) is 5.73 Å². The minimum Gasteiger partial charge on any atom is -0.398 e. The van der Waals surface area contributed by atoms with E-state index in [9.17, 15) is 13.5 Å². The number of nitrogens with two attached hydrogens (primary N) is 1. The Bertz CT molecular complexity index is 562. The number of sulfonamides is 1. The number of hydrogen-bond donors (Lipinski definition) is 3. The summed E-state index contributed by atoms with van der Waals surface area (Å²) < 4.78 is 27.8. The van der Waals surface area contributed by atoms with Crippen molar-refractivity contribution in [3.8, 4) is 0 Å². The predicted octanol–water partition coefficient (Wildman–Crippen LogP) is 1.61. The predicted molar refractivity (Wildman–Crippen MR) is 77.1 cm³/mol. The van der Waals surface area contributed by atoms with Crippen molar-refractivity contribution in [2.45, 2.75) is 42.7 Å². The van der Waals surface area contributed by atoms with Gasteiger partial charge < -0.3 is 10.8 Å². The Hall–Kier alpha value is -0.630. The molecule has 1 fully saturated rings. The van der Waals surface area contributed by atoms with Crippen molar-refractivity contribution in [2.24, 2.45) is 0 Å². The van der Waals surface area contributed by atoms with Crippen LogP contribution in [0.25, 0.3) is 0 Å². The number of aliphatic hydroxyl groups excluding tert-OH is 1. The van der Waals surface area contributed by atoms with Gasteiger partial charge in [-0.15, -0.1) is 0 Å². The zero-order chi connectivity index (χ0) is 14.0. The van der Waals surface area contributed by atoms with E-state index in [1.807, 2.05) is 0 Å². The van der Waals surface area contributed by atoms with Crippen LogP contribution in [0.2, 0.25) is 0 Å². The fraction of sp³-hybridized carbons (Fsp3) is 0.500. The summed E-state index contributed by atoms with van der Waals surface area (Å²) in [5.41, 5.74) is 5.91. The largest absolute Gasteiger partial charge is 0.398 e. The van der Waals surface area contributed by atoms with Crippen molar-refractivity contribution in [3.63, 3.8) is 0 Å². The lowest BCUT2D eigenvalue weighted by atomic mass is 9.93. The second kappa shape index (κ2) is 5.78. The molecule has 0 saturated heterocycles. The Morgan fingerprint density at radius 1 is 1.32 bits per heavy atom. The van der Waals surface area contributed by atoms with Gasteiger partial charge in [0.15, 0.2) is 0 Å². The molecule has 0 heterocycles. The zero-order valence-electron chi connectivity index (χ0n) is 10.3. The summed E-state index contributed by atoms with van der Waals surface area (Å²) in [7, 11) is -3.71. The van der Waals surface area contributed by atoms with Gasteiger partial charge in [0, 0.05) is 10.5 Å². The molecule has 0 aliphatic heterocycles. The lowest BCUT2D eigenvalue weighted by Gasteiger charge is -2.28. The third-order valence-electron chi connectivity index (χ3n) is 3.30. The minimum absolute atomic E-state index is 0.0413. The molecule has 0 unspecified atom stereocenters. The van der Waals surface area contributed by atoms with Crippen LogP contribution in [0.5, 0.6) is 0 Å². The first-order valence-corrected chi connectivity index (χ1v) is 8.43. The fourth-order valence-corrected chi connectivity index (χ4v) is 4.23. The summed E-state index contributed by atoms with van der Waals surface area (Å²) >= 11 is 3.23. The first-order chi connectivity index (χ1) is 8.90. The molecule has 0 spiro atoms. The van der Waals surface area contributed by atoms with Crippen LogP contribution >= 0.6 is 15.9 Å². The highest BCUT2D eigenvalue weighted by Gasteiger charge is 2.29. The highest BCUT2D eigenvalue weighted by atomic mass is 79.9. The summed E-state index contributed by atoms with van der Waals surface area (Å²) in [6.07, 6.45) is 2.49. The molecule has 1 aliphatic rings. The van der Waals surface area contributed by atoms with Gasteiger partial charge in [0.05, 0.1) is 11.8 Å². The third-order valence-corrected chi connectivity index (χ3v) is 5.34. The van der Waals surface area contributed by atoms with Crippen molar-refractivity contribution in [1.29, 1.82) is 0 Å². The first kappa shape index (κ1) is 14.8. The Balaban J connectivity index is 2.24. The van der Waals surface area contributed by atoms with E-state index in [1.54, 1.807) is 6.07 Å². The van der Waals surface area contributed by atoms with E-state index < -0.39 is 22.2 Å². The standard InChI is InChI=1S/C12H17BrN2O3S/c13-8-5-6-9(14)12(7-8)19(17,18)15-10-3-1-2-4-11(10)16/h5-7,10-11,15-16H,1-4,14H2/t10-,11-/m1/s1. The lowest BCUT2D eigenvalue weighted by molar-refractivity contribution is 0.101. The van der Waals surface area contributed by atoms with Crippen LogP contribution < -0.4 is 10.5 Å². The molecule has 2 rings (SSSR count). The zero-order valence-corrected chi connectivity index (χ0v) is 12.7. The number of halogens is 1. The van der Waals surface area contributed by atoms with Crippen molar-refractivity contribution in [3.05, 3.63) is 22.7 Å². The minimum atomic E-state index is -3.71. The van der Waals surface area contributed by atoms with Crippen molar-refractivity contribution >= 4 is 31.6 Å². The van der Waals surface area contributed by atoms with Gasteiger partial charge in [0.2, 0.25) is 10.0 Å². The Labute approximate surface area is 121 Å². The van der Waals surface area contributed by atoms with Crippen LogP contribution in [-0.2, 0) is 10.0 Å². The molecule has 0 bridgehead atoms. The van der Waals surface area contributed by atoms with Crippen LogP contribution in [0.3, 0.4) is 0 Å². The molecule has 1 aromatic rings. The summed E-state index contributed by atoms with van der Waals surface area (Å²) in [6, 6.07) is 4.25. The quantitative estimate of drug-likeness (QED) is 0.723. The monoisotopic (exact) mass is 348 g/mol. The molecule has 1 aromatic carbocycles.